The Morgan fingerprint density at radius 1 is 1.38 bits per heavy atom. The topological polar surface area (TPSA) is 52.3 Å². The van der Waals surface area contributed by atoms with E-state index in [0.717, 1.165) is 32.1 Å². The van der Waals surface area contributed by atoms with Gasteiger partial charge in [-0.25, -0.2) is 0 Å². The summed E-state index contributed by atoms with van der Waals surface area (Å²) >= 11 is 0. The predicted octanol–water partition coefficient (Wildman–Crippen LogP) is 1.24. The molecule has 0 radical (unpaired) electrons. The number of hydrogen-bond acceptors (Lipinski definition) is 3. The summed E-state index contributed by atoms with van der Waals surface area (Å²) in [5.41, 5.74) is 5.79. The lowest BCUT2D eigenvalue weighted by Gasteiger charge is -2.56. The Labute approximate surface area is 84.4 Å². The summed E-state index contributed by atoms with van der Waals surface area (Å²) in [6.45, 7) is 0. The highest BCUT2D eigenvalue weighted by Crippen LogP contribution is 2.57. The molecular formula is C9H16ClNO2. The first-order valence-electron chi connectivity index (χ1n) is 4.48. The van der Waals surface area contributed by atoms with Crippen LogP contribution < -0.4 is 5.73 Å². The van der Waals surface area contributed by atoms with Gasteiger partial charge in [0.1, 0.15) is 0 Å². The number of hydrogen-bond donors (Lipinski definition) is 1. The highest BCUT2D eigenvalue weighted by molar-refractivity contribution is 5.85. The van der Waals surface area contributed by atoms with Crippen molar-refractivity contribution in [1.29, 1.82) is 0 Å². The molecule has 4 heteroatoms. The number of methoxy groups -OCH3 is 1. The van der Waals surface area contributed by atoms with Crippen LogP contribution in [0.4, 0.5) is 0 Å². The molecule has 0 aromatic rings. The monoisotopic (exact) mass is 205 g/mol. The molecule has 0 aliphatic heterocycles. The Morgan fingerprint density at radius 2 is 2.00 bits per heavy atom. The number of nitrogens with two attached hydrogens (primary N) is 1. The molecule has 76 valence electrons. The Morgan fingerprint density at radius 3 is 2.46 bits per heavy atom. The number of carbonyl (C=O) groups is 1. The van der Waals surface area contributed by atoms with E-state index in [1.165, 1.54) is 7.11 Å². The Balaban J connectivity index is 0.000000845. The lowest BCUT2D eigenvalue weighted by atomic mass is 9.50. The molecule has 0 amide bonds. The van der Waals surface area contributed by atoms with E-state index in [-0.39, 0.29) is 29.3 Å². The van der Waals surface area contributed by atoms with E-state index in [1.54, 1.807) is 0 Å². The van der Waals surface area contributed by atoms with Crippen LogP contribution in [0.25, 0.3) is 0 Å². The van der Waals surface area contributed by atoms with Crippen molar-refractivity contribution in [2.75, 3.05) is 7.11 Å². The molecule has 0 saturated heterocycles. The molecule has 0 aromatic heterocycles. The van der Waals surface area contributed by atoms with Crippen molar-refractivity contribution in [3.8, 4) is 0 Å². The molecule has 2 bridgehead atoms. The standard InChI is InChI=1S/C9H15NO2.ClH/c1-12-7(11)8-3-2-4-9(10,5-8)6-8;/h2-6,10H2,1H3;1H. The number of rotatable bonds is 1. The van der Waals surface area contributed by atoms with Crippen molar-refractivity contribution in [2.24, 2.45) is 11.1 Å². The minimum atomic E-state index is -0.193. The fraction of sp³-hybridized carbons (Fsp3) is 0.889. The lowest BCUT2D eigenvalue weighted by molar-refractivity contribution is -0.169. The summed E-state index contributed by atoms with van der Waals surface area (Å²) in [5, 5.41) is 0. The molecular weight excluding hydrogens is 190 g/mol. The first kappa shape index (κ1) is 10.8. The molecule has 3 fully saturated rings. The summed E-state index contributed by atoms with van der Waals surface area (Å²) in [6.07, 6.45) is 4.80. The second kappa shape index (κ2) is 3.14. The van der Waals surface area contributed by atoms with E-state index >= 15 is 0 Å². The van der Waals surface area contributed by atoms with Gasteiger partial charge < -0.3 is 10.5 Å². The third-order valence-electron chi connectivity index (χ3n) is 3.33. The van der Waals surface area contributed by atoms with Crippen molar-refractivity contribution in [2.45, 2.75) is 37.6 Å². The van der Waals surface area contributed by atoms with Gasteiger partial charge >= 0.3 is 5.97 Å². The zero-order valence-electron chi connectivity index (χ0n) is 7.84. The first-order chi connectivity index (χ1) is 5.60. The fourth-order valence-corrected chi connectivity index (χ4v) is 2.89. The maximum absolute atomic E-state index is 11.4. The summed E-state index contributed by atoms with van der Waals surface area (Å²) in [7, 11) is 1.46. The molecule has 3 rings (SSSR count). The van der Waals surface area contributed by atoms with Crippen LogP contribution in [0.1, 0.15) is 32.1 Å². The molecule has 2 N–H and O–H groups in total. The second-order valence-corrected chi connectivity index (χ2v) is 4.34. The molecule has 3 aliphatic rings. The highest BCUT2D eigenvalue weighted by atomic mass is 35.5. The van der Waals surface area contributed by atoms with Gasteiger partial charge in [-0.05, 0) is 25.7 Å². The summed E-state index contributed by atoms with van der Waals surface area (Å²) in [6, 6.07) is 0. The molecule has 0 aromatic carbocycles. The zero-order chi connectivity index (χ0) is 8.82. The van der Waals surface area contributed by atoms with Crippen molar-refractivity contribution >= 4 is 18.4 Å². The average Bonchev–Trinajstić information content (AvgIpc) is 2.01. The second-order valence-electron chi connectivity index (χ2n) is 4.34. The quantitative estimate of drug-likeness (QED) is 0.656. The van der Waals surface area contributed by atoms with Gasteiger partial charge in [-0.1, -0.05) is 6.42 Å². The van der Waals surface area contributed by atoms with E-state index in [1.807, 2.05) is 0 Å². The molecule has 0 heterocycles. The van der Waals surface area contributed by atoms with E-state index in [0.29, 0.717) is 0 Å². The predicted molar refractivity (Wildman–Crippen MR) is 51.7 cm³/mol. The third-order valence-corrected chi connectivity index (χ3v) is 3.33. The van der Waals surface area contributed by atoms with E-state index in [2.05, 4.69) is 0 Å². The van der Waals surface area contributed by atoms with Crippen LogP contribution in [0.2, 0.25) is 0 Å². The molecule has 0 spiro atoms. The summed E-state index contributed by atoms with van der Waals surface area (Å²) in [4.78, 5) is 11.4. The maximum atomic E-state index is 11.4. The number of halogens is 1. The van der Waals surface area contributed by atoms with Gasteiger partial charge in [-0.3, -0.25) is 4.79 Å². The van der Waals surface area contributed by atoms with Crippen molar-refractivity contribution in [3.63, 3.8) is 0 Å². The van der Waals surface area contributed by atoms with Crippen LogP contribution >= 0.6 is 12.4 Å². The SMILES string of the molecule is COC(=O)C12CCCC(N)(C1)C2.Cl. The lowest BCUT2D eigenvalue weighted by Crippen LogP contribution is -2.64. The minimum absolute atomic E-state index is 0. The molecule has 0 atom stereocenters. The van der Waals surface area contributed by atoms with Crippen LogP contribution in [0.15, 0.2) is 0 Å². The maximum Gasteiger partial charge on any atom is 0.311 e. The van der Waals surface area contributed by atoms with Crippen molar-refractivity contribution in [1.82, 2.24) is 0 Å². The van der Waals surface area contributed by atoms with Crippen molar-refractivity contribution < 1.29 is 9.53 Å². The largest absolute Gasteiger partial charge is 0.469 e. The number of carbonyl (C=O) groups excluding carboxylic acids is 1. The smallest absolute Gasteiger partial charge is 0.311 e. The Kier molecular flexibility index (Phi) is 2.61. The van der Waals surface area contributed by atoms with Gasteiger partial charge in [0.05, 0.1) is 12.5 Å². The molecule has 0 unspecified atom stereocenters. The zero-order valence-corrected chi connectivity index (χ0v) is 8.65. The van der Waals surface area contributed by atoms with Gasteiger partial charge in [0.25, 0.3) is 0 Å². The Hall–Kier alpha value is -0.280. The van der Waals surface area contributed by atoms with Crippen LogP contribution in [0, 0.1) is 5.41 Å². The first-order valence-corrected chi connectivity index (χ1v) is 4.48. The highest BCUT2D eigenvalue weighted by Gasteiger charge is 2.59. The molecule has 3 aliphatic carbocycles. The van der Waals surface area contributed by atoms with E-state index in [4.69, 9.17) is 10.5 Å². The van der Waals surface area contributed by atoms with Gasteiger partial charge in [0.2, 0.25) is 0 Å². The number of esters is 1. The van der Waals surface area contributed by atoms with Gasteiger partial charge in [0.15, 0.2) is 0 Å². The van der Waals surface area contributed by atoms with Crippen LogP contribution in [0.3, 0.4) is 0 Å². The average molecular weight is 206 g/mol. The van der Waals surface area contributed by atoms with Crippen LogP contribution in [0.5, 0.6) is 0 Å². The van der Waals surface area contributed by atoms with Gasteiger partial charge in [0, 0.05) is 5.54 Å². The summed E-state index contributed by atoms with van der Waals surface area (Å²) < 4.78 is 4.78. The fourth-order valence-electron chi connectivity index (χ4n) is 2.89. The van der Waals surface area contributed by atoms with Crippen LogP contribution in [-0.4, -0.2) is 18.6 Å². The van der Waals surface area contributed by atoms with E-state index < -0.39 is 0 Å². The summed E-state index contributed by atoms with van der Waals surface area (Å²) in [5.74, 6) is -0.0525. The van der Waals surface area contributed by atoms with Crippen molar-refractivity contribution in [3.05, 3.63) is 0 Å². The van der Waals surface area contributed by atoms with E-state index in [9.17, 15) is 4.79 Å². The number of fused-ring (bicyclic) bond motifs is 2. The van der Waals surface area contributed by atoms with Gasteiger partial charge in [-0.2, -0.15) is 0 Å². The normalized spacial score (nSPS) is 41.4. The Bertz CT molecular complexity index is 224. The molecule has 13 heavy (non-hydrogen) atoms. The number of ether oxygens (including phenoxy) is 1. The third kappa shape index (κ3) is 1.44. The molecule has 3 saturated carbocycles. The molecule has 3 nitrogen and oxygen atoms in total. The minimum Gasteiger partial charge on any atom is -0.469 e. The van der Waals surface area contributed by atoms with Crippen LogP contribution in [-0.2, 0) is 9.53 Å². The van der Waals surface area contributed by atoms with Gasteiger partial charge in [-0.15, -0.1) is 12.4 Å².